The van der Waals surface area contributed by atoms with Crippen molar-refractivity contribution < 1.29 is 4.79 Å². The van der Waals surface area contributed by atoms with Crippen molar-refractivity contribution in [3.05, 3.63) is 23.9 Å². The molecule has 5 nitrogen and oxygen atoms in total. The summed E-state index contributed by atoms with van der Waals surface area (Å²) in [4.78, 5) is 14.5. The van der Waals surface area contributed by atoms with E-state index >= 15 is 0 Å². The second-order valence-corrected chi connectivity index (χ2v) is 5.52. The molecule has 0 bridgehead atoms. The van der Waals surface area contributed by atoms with Crippen LogP contribution in [-0.2, 0) is 0 Å². The fourth-order valence-corrected chi connectivity index (χ4v) is 2.69. The lowest BCUT2D eigenvalue weighted by molar-refractivity contribution is 0.0702. The van der Waals surface area contributed by atoms with Crippen LogP contribution in [0.25, 0.3) is 10.9 Å². The molecule has 2 aromatic rings. The monoisotopic (exact) mass is 272 g/mol. The Morgan fingerprint density at radius 2 is 2.30 bits per heavy atom. The molecule has 1 aliphatic carbocycles. The van der Waals surface area contributed by atoms with Gasteiger partial charge in [0.05, 0.1) is 5.52 Å². The van der Waals surface area contributed by atoms with Gasteiger partial charge in [-0.2, -0.15) is 5.10 Å². The molecule has 0 atom stereocenters. The smallest absolute Gasteiger partial charge is 0.274 e. The Bertz CT molecular complexity index is 630. The molecule has 3 N–H and O–H groups in total. The number of carbonyl (C=O) groups excluding carboxylic acids is 1. The lowest BCUT2D eigenvalue weighted by Crippen LogP contribution is -2.37. The first-order valence-electron chi connectivity index (χ1n) is 7.22. The normalized spacial score (nSPS) is 15.2. The highest BCUT2D eigenvalue weighted by Gasteiger charge is 2.25. The van der Waals surface area contributed by atoms with Gasteiger partial charge in [0.25, 0.3) is 5.91 Å². The number of carbonyl (C=O) groups is 1. The van der Waals surface area contributed by atoms with Gasteiger partial charge in [-0.25, -0.2) is 0 Å². The maximum atomic E-state index is 12.6. The molecular weight excluding hydrogens is 252 g/mol. The Hall–Kier alpha value is -2.04. The number of amides is 1. The van der Waals surface area contributed by atoms with Crippen LogP contribution in [0.4, 0.5) is 5.69 Å². The summed E-state index contributed by atoms with van der Waals surface area (Å²) in [5, 5.41) is 7.90. The van der Waals surface area contributed by atoms with E-state index in [4.69, 9.17) is 5.73 Å². The average Bonchev–Trinajstić information content (AvgIpc) is 2.80. The van der Waals surface area contributed by atoms with E-state index in [1.807, 2.05) is 24.0 Å². The second kappa shape index (κ2) is 5.15. The summed E-state index contributed by atoms with van der Waals surface area (Å²) in [7, 11) is 0. The number of fused-ring (bicyclic) bond motifs is 1. The third kappa shape index (κ3) is 2.24. The standard InChI is InChI=1S/C15H20N4O/c1-2-19(9-10-4-3-5-10)15(20)14-12-8-11(16)6-7-13(12)17-18-14/h6-8,10H,2-5,9,16H2,1H3,(H,17,18). The second-order valence-electron chi connectivity index (χ2n) is 5.52. The van der Waals surface area contributed by atoms with Crippen LogP contribution in [0.3, 0.4) is 0 Å². The molecule has 1 aliphatic rings. The minimum Gasteiger partial charge on any atom is -0.399 e. The largest absolute Gasteiger partial charge is 0.399 e. The summed E-state index contributed by atoms with van der Waals surface area (Å²) in [5.74, 6) is 0.658. The van der Waals surface area contributed by atoms with Gasteiger partial charge in [-0.05, 0) is 43.9 Å². The molecule has 1 heterocycles. The zero-order valence-electron chi connectivity index (χ0n) is 11.7. The number of aromatic amines is 1. The number of anilines is 1. The number of rotatable bonds is 4. The van der Waals surface area contributed by atoms with E-state index in [1.54, 1.807) is 6.07 Å². The Balaban J connectivity index is 1.88. The first-order valence-corrected chi connectivity index (χ1v) is 7.22. The number of nitrogens with one attached hydrogen (secondary N) is 1. The SMILES string of the molecule is CCN(CC1CCC1)C(=O)c1n[nH]c2ccc(N)cc12. The van der Waals surface area contributed by atoms with Crippen LogP contribution in [0.2, 0.25) is 0 Å². The van der Waals surface area contributed by atoms with Gasteiger partial charge in [0, 0.05) is 24.2 Å². The van der Waals surface area contributed by atoms with E-state index < -0.39 is 0 Å². The van der Waals surface area contributed by atoms with Crippen molar-refractivity contribution in [2.75, 3.05) is 18.8 Å². The highest BCUT2D eigenvalue weighted by Crippen LogP contribution is 2.28. The molecule has 1 saturated carbocycles. The predicted octanol–water partition coefficient (Wildman–Crippen LogP) is 2.41. The van der Waals surface area contributed by atoms with Crippen LogP contribution in [0.15, 0.2) is 18.2 Å². The maximum Gasteiger partial charge on any atom is 0.274 e. The van der Waals surface area contributed by atoms with Crippen LogP contribution in [0, 0.1) is 5.92 Å². The average molecular weight is 272 g/mol. The Labute approximate surface area is 118 Å². The molecule has 20 heavy (non-hydrogen) atoms. The van der Waals surface area contributed by atoms with Gasteiger partial charge in [-0.3, -0.25) is 9.89 Å². The van der Waals surface area contributed by atoms with Crippen LogP contribution < -0.4 is 5.73 Å². The van der Waals surface area contributed by atoms with Crippen LogP contribution >= 0.6 is 0 Å². The van der Waals surface area contributed by atoms with Gasteiger partial charge in [-0.1, -0.05) is 6.42 Å². The summed E-state index contributed by atoms with van der Waals surface area (Å²) >= 11 is 0. The number of nitrogen functional groups attached to an aromatic ring is 1. The number of nitrogens with zero attached hydrogens (tertiary/aromatic N) is 2. The number of benzene rings is 1. The molecular formula is C15H20N4O. The summed E-state index contributed by atoms with van der Waals surface area (Å²) < 4.78 is 0. The van der Waals surface area contributed by atoms with E-state index in [2.05, 4.69) is 10.2 Å². The molecule has 0 radical (unpaired) electrons. The quantitative estimate of drug-likeness (QED) is 0.839. The molecule has 0 saturated heterocycles. The lowest BCUT2D eigenvalue weighted by atomic mass is 9.85. The van der Waals surface area contributed by atoms with Gasteiger partial charge in [0.2, 0.25) is 0 Å². The highest BCUT2D eigenvalue weighted by molar-refractivity contribution is 6.05. The van der Waals surface area contributed by atoms with E-state index in [0.29, 0.717) is 23.8 Å². The Morgan fingerprint density at radius 3 is 2.95 bits per heavy atom. The molecule has 1 amide bonds. The van der Waals surface area contributed by atoms with Crippen molar-refractivity contribution in [1.82, 2.24) is 15.1 Å². The Morgan fingerprint density at radius 1 is 1.50 bits per heavy atom. The van der Waals surface area contributed by atoms with Crippen molar-refractivity contribution in [3.63, 3.8) is 0 Å². The fourth-order valence-electron chi connectivity index (χ4n) is 2.69. The minimum absolute atomic E-state index is 0.00347. The third-order valence-electron chi connectivity index (χ3n) is 4.16. The fraction of sp³-hybridized carbons (Fsp3) is 0.467. The summed E-state index contributed by atoms with van der Waals surface area (Å²) in [5.41, 5.74) is 7.78. The molecule has 1 fully saturated rings. The highest BCUT2D eigenvalue weighted by atomic mass is 16.2. The number of nitrogens with two attached hydrogens (primary N) is 1. The predicted molar refractivity (Wildman–Crippen MR) is 79.4 cm³/mol. The number of aromatic nitrogens is 2. The number of hydrogen-bond donors (Lipinski definition) is 2. The van der Waals surface area contributed by atoms with Gasteiger partial charge < -0.3 is 10.6 Å². The maximum absolute atomic E-state index is 12.6. The third-order valence-corrected chi connectivity index (χ3v) is 4.16. The van der Waals surface area contributed by atoms with Crippen molar-refractivity contribution >= 4 is 22.5 Å². The molecule has 106 valence electrons. The van der Waals surface area contributed by atoms with E-state index in [9.17, 15) is 4.79 Å². The van der Waals surface area contributed by atoms with Crippen molar-refractivity contribution in [2.24, 2.45) is 5.92 Å². The molecule has 1 aromatic heterocycles. The molecule has 3 rings (SSSR count). The van der Waals surface area contributed by atoms with Crippen LogP contribution in [0.5, 0.6) is 0 Å². The summed E-state index contributed by atoms with van der Waals surface area (Å²) in [6.45, 7) is 3.57. The molecule has 1 aromatic carbocycles. The van der Waals surface area contributed by atoms with Gasteiger partial charge in [0.15, 0.2) is 5.69 Å². The van der Waals surface area contributed by atoms with Crippen LogP contribution in [-0.4, -0.2) is 34.1 Å². The van der Waals surface area contributed by atoms with E-state index in [0.717, 1.165) is 17.4 Å². The van der Waals surface area contributed by atoms with Crippen LogP contribution in [0.1, 0.15) is 36.7 Å². The molecule has 0 unspecified atom stereocenters. The zero-order chi connectivity index (χ0) is 14.1. The topological polar surface area (TPSA) is 75.0 Å². The van der Waals surface area contributed by atoms with Crippen molar-refractivity contribution in [2.45, 2.75) is 26.2 Å². The van der Waals surface area contributed by atoms with Crippen molar-refractivity contribution in [1.29, 1.82) is 0 Å². The van der Waals surface area contributed by atoms with Crippen molar-refractivity contribution in [3.8, 4) is 0 Å². The van der Waals surface area contributed by atoms with Gasteiger partial charge in [0.1, 0.15) is 0 Å². The minimum atomic E-state index is -0.00347. The van der Waals surface area contributed by atoms with Gasteiger partial charge >= 0.3 is 0 Å². The molecule has 0 aliphatic heterocycles. The number of hydrogen-bond acceptors (Lipinski definition) is 3. The molecule has 0 spiro atoms. The molecule has 5 heteroatoms. The van der Waals surface area contributed by atoms with E-state index in [1.165, 1.54) is 19.3 Å². The summed E-state index contributed by atoms with van der Waals surface area (Å²) in [6.07, 6.45) is 3.76. The lowest BCUT2D eigenvalue weighted by Gasteiger charge is -2.31. The number of H-pyrrole nitrogens is 1. The zero-order valence-corrected chi connectivity index (χ0v) is 11.7. The summed E-state index contributed by atoms with van der Waals surface area (Å²) in [6, 6.07) is 5.47. The first-order chi connectivity index (χ1) is 9.69. The van der Waals surface area contributed by atoms with E-state index in [-0.39, 0.29) is 5.91 Å². The Kier molecular flexibility index (Phi) is 3.34. The first kappa shape index (κ1) is 13.0. The van der Waals surface area contributed by atoms with Gasteiger partial charge in [-0.15, -0.1) is 0 Å².